The molecule has 32 heavy (non-hydrogen) atoms. The van der Waals surface area contributed by atoms with Crippen molar-refractivity contribution < 1.29 is 18.4 Å². The van der Waals surface area contributed by atoms with Crippen molar-refractivity contribution in [3.8, 4) is 0 Å². The van der Waals surface area contributed by atoms with Crippen LogP contribution in [0.15, 0.2) is 29.3 Å². The van der Waals surface area contributed by atoms with Crippen LogP contribution in [0.5, 0.6) is 0 Å². The number of carbonyl (C=O) groups is 2. The van der Waals surface area contributed by atoms with Gasteiger partial charge in [0.05, 0.1) is 11.6 Å². The van der Waals surface area contributed by atoms with E-state index in [2.05, 4.69) is 20.6 Å². The number of piperidine rings is 1. The van der Waals surface area contributed by atoms with Gasteiger partial charge in [0.25, 0.3) is 5.56 Å². The van der Waals surface area contributed by atoms with Gasteiger partial charge in [-0.2, -0.15) is 4.98 Å². The number of rotatable bonds is 5. The topological polar surface area (TPSA) is 109 Å². The molecule has 1 saturated heterocycles. The molecule has 3 heterocycles. The van der Waals surface area contributed by atoms with Gasteiger partial charge in [-0.25, -0.2) is 13.8 Å². The molecule has 12 heteroatoms. The lowest BCUT2D eigenvalue weighted by atomic mass is 9.98. The highest BCUT2D eigenvalue weighted by atomic mass is 32.1. The van der Waals surface area contributed by atoms with Gasteiger partial charge in [-0.05, 0) is 25.0 Å². The summed E-state index contributed by atoms with van der Waals surface area (Å²) in [6, 6.07) is 2.78. The first kappa shape index (κ1) is 21.8. The number of fused-ring (bicyclic) bond motifs is 1. The molecule has 0 radical (unpaired) electrons. The summed E-state index contributed by atoms with van der Waals surface area (Å²) < 4.78 is 28.1. The van der Waals surface area contributed by atoms with Crippen LogP contribution >= 0.6 is 11.3 Å². The molecule has 0 aliphatic carbocycles. The van der Waals surface area contributed by atoms with Crippen LogP contribution in [0.3, 0.4) is 0 Å². The van der Waals surface area contributed by atoms with Crippen molar-refractivity contribution in [1.82, 2.24) is 19.9 Å². The monoisotopic (exact) mass is 462 g/mol. The Balaban J connectivity index is 1.52. The molecule has 2 N–H and O–H groups in total. The smallest absolute Gasteiger partial charge is 0.273 e. The zero-order chi connectivity index (χ0) is 22.8. The van der Waals surface area contributed by atoms with Crippen LogP contribution in [0.1, 0.15) is 12.8 Å². The summed E-state index contributed by atoms with van der Waals surface area (Å²) in [5, 5.41) is 5.57. The lowest BCUT2D eigenvalue weighted by molar-refractivity contribution is -0.124. The Hall–Kier alpha value is -3.41. The van der Waals surface area contributed by atoms with E-state index in [4.69, 9.17) is 0 Å². The third-order valence-corrected chi connectivity index (χ3v) is 6.29. The molecule has 3 aromatic rings. The van der Waals surface area contributed by atoms with Gasteiger partial charge >= 0.3 is 0 Å². The Morgan fingerprint density at radius 3 is 2.88 bits per heavy atom. The molecule has 0 spiro atoms. The molecule has 0 saturated carbocycles. The maximum Gasteiger partial charge on any atom is 0.273 e. The molecular formula is C20H20F2N6O3S. The summed E-state index contributed by atoms with van der Waals surface area (Å²) in [5.41, 5.74) is -0.374. The Morgan fingerprint density at radius 2 is 2.12 bits per heavy atom. The second-order valence-electron chi connectivity index (χ2n) is 7.40. The predicted octanol–water partition coefficient (Wildman–Crippen LogP) is 1.73. The molecule has 2 aromatic heterocycles. The van der Waals surface area contributed by atoms with E-state index in [1.165, 1.54) is 6.33 Å². The Labute approximate surface area is 185 Å². The number of halogens is 2. The number of amides is 2. The highest BCUT2D eigenvalue weighted by Gasteiger charge is 2.27. The van der Waals surface area contributed by atoms with E-state index >= 15 is 0 Å². The van der Waals surface area contributed by atoms with E-state index in [1.54, 1.807) is 7.05 Å². The molecule has 1 aliphatic heterocycles. The normalized spacial score (nSPS) is 16.2. The molecule has 0 bridgehead atoms. The fourth-order valence-electron chi connectivity index (χ4n) is 3.59. The van der Waals surface area contributed by atoms with E-state index in [9.17, 15) is 23.2 Å². The van der Waals surface area contributed by atoms with Crippen LogP contribution < -0.4 is 21.1 Å². The maximum absolute atomic E-state index is 13.7. The molecule has 1 unspecified atom stereocenters. The SMILES string of the molecule is CNC(=O)C1CCCN(c2nc3ncn(CC(=O)Nc4ccc(F)cc4F)c(=O)c3s2)C1. The van der Waals surface area contributed by atoms with Gasteiger partial charge in [-0.3, -0.25) is 19.0 Å². The number of anilines is 2. The van der Waals surface area contributed by atoms with Crippen molar-refractivity contribution in [2.24, 2.45) is 5.92 Å². The van der Waals surface area contributed by atoms with Gasteiger partial charge in [0.15, 0.2) is 10.8 Å². The number of thiazole rings is 1. The lowest BCUT2D eigenvalue weighted by Gasteiger charge is -2.31. The van der Waals surface area contributed by atoms with Gasteiger partial charge in [0.2, 0.25) is 11.8 Å². The van der Waals surface area contributed by atoms with E-state index in [-0.39, 0.29) is 27.9 Å². The first-order valence-electron chi connectivity index (χ1n) is 9.93. The van der Waals surface area contributed by atoms with Gasteiger partial charge in [0.1, 0.15) is 29.2 Å². The van der Waals surface area contributed by atoms with Crippen molar-refractivity contribution in [1.29, 1.82) is 0 Å². The van der Waals surface area contributed by atoms with Crippen LogP contribution in [-0.2, 0) is 16.1 Å². The van der Waals surface area contributed by atoms with Crippen molar-refractivity contribution in [3.63, 3.8) is 0 Å². The Kier molecular flexibility index (Phi) is 6.12. The van der Waals surface area contributed by atoms with Gasteiger partial charge < -0.3 is 15.5 Å². The van der Waals surface area contributed by atoms with E-state index in [0.29, 0.717) is 24.3 Å². The van der Waals surface area contributed by atoms with Gasteiger partial charge in [-0.1, -0.05) is 11.3 Å². The zero-order valence-corrected chi connectivity index (χ0v) is 17.9. The van der Waals surface area contributed by atoms with Crippen molar-refractivity contribution in [2.75, 3.05) is 30.4 Å². The van der Waals surface area contributed by atoms with Crippen molar-refractivity contribution in [2.45, 2.75) is 19.4 Å². The van der Waals surface area contributed by atoms with Crippen molar-refractivity contribution >= 4 is 44.3 Å². The molecule has 9 nitrogen and oxygen atoms in total. The Bertz CT molecular complexity index is 1240. The van der Waals surface area contributed by atoms with Crippen LogP contribution in [0, 0.1) is 17.6 Å². The lowest BCUT2D eigenvalue weighted by Crippen LogP contribution is -2.42. The maximum atomic E-state index is 13.7. The average molecular weight is 462 g/mol. The third kappa shape index (κ3) is 4.44. The molecule has 168 valence electrons. The summed E-state index contributed by atoms with van der Waals surface area (Å²) >= 11 is 1.15. The molecule has 4 rings (SSSR count). The van der Waals surface area contributed by atoms with E-state index in [1.807, 2.05) is 4.90 Å². The molecule has 1 fully saturated rings. The number of hydrogen-bond acceptors (Lipinski definition) is 7. The first-order chi connectivity index (χ1) is 15.4. The highest BCUT2D eigenvalue weighted by Crippen LogP contribution is 2.29. The quantitative estimate of drug-likeness (QED) is 0.598. The number of benzene rings is 1. The summed E-state index contributed by atoms with van der Waals surface area (Å²) in [6.07, 6.45) is 2.82. The predicted molar refractivity (Wildman–Crippen MR) is 116 cm³/mol. The van der Waals surface area contributed by atoms with Crippen LogP contribution in [0.4, 0.5) is 19.6 Å². The van der Waals surface area contributed by atoms with Gasteiger partial charge in [0, 0.05) is 26.2 Å². The Morgan fingerprint density at radius 1 is 1.31 bits per heavy atom. The first-order valence-corrected chi connectivity index (χ1v) is 10.7. The minimum atomic E-state index is -0.914. The molecular weight excluding hydrogens is 442 g/mol. The molecule has 1 atom stereocenters. The second-order valence-corrected chi connectivity index (χ2v) is 8.38. The van der Waals surface area contributed by atoms with E-state index in [0.717, 1.165) is 40.9 Å². The second kappa shape index (κ2) is 8.99. The van der Waals surface area contributed by atoms with Crippen LogP contribution in [-0.4, -0.2) is 46.5 Å². The number of carbonyl (C=O) groups excluding carboxylic acids is 2. The zero-order valence-electron chi connectivity index (χ0n) is 17.1. The van der Waals surface area contributed by atoms with Crippen LogP contribution in [0.2, 0.25) is 0 Å². The molecule has 1 aromatic carbocycles. The van der Waals surface area contributed by atoms with E-state index < -0.39 is 29.6 Å². The summed E-state index contributed by atoms with van der Waals surface area (Å²) in [7, 11) is 1.60. The summed E-state index contributed by atoms with van der Waals surface area (Å²) in [4.78, 5) is 47.7. The van der Waals surface area contributed by atoms with Crippen LogP contribution in [0.25, 0.3) is 10.3 Å². The fraction of sp³-hybridized carbons (Fsp3) is 0.350. The number of nitrogens with zero attached hydrogens (tertiary/aromatic N) is 4. The number of nitrogens with one attached hydrogen (secondary N) is 2. The molecule has 1 aliphatic rings. The highest BCUT2D eigenvalue weighted by molar-refractivity contribution is 7.22. The third-order valence-electron chi connectivity index (χ3n) is 5.20. The van der Waals surface area contributed by atoms with Gasteiger partial charge in [-0.15, -0.1) is 0 Å². The number of hydrogen-bond donors (Lipinski definition) is 2. The molecule has 2 amide bonds. The summed E-state index contributed by atoms with van der Waals surface area (Å²) in [6.45, 7) is 0.820. The summed E-state index contributed by atoms with van der Waals surface area (Å²) in [5.74, 6) is -2.51. The van der Waals surface area contributed by atoms with Crippen molar-refractivity contribution in [3.05, 3.63) is 46.5 Å². The minimum Gasteiger partial charge on any atom is -0.359 e. The fourth-order valence-corrected chi connectivity index (χ4v) is 4.59. The minimum absolute atomic E-state index is 0.0279. The number of aromatic nitrogens is 3. The largest absolute Gasteiger partial charge is 0.359 e. The average Bonchev–Trinajstić information content (AvgIpc) is 3.22. The standard InChI is InChI=1S/C20H20F2N6O3S/c1-23-18(30)11-3-2-6-27(8-11)20-26-17-16(32-20)19(31)28(10-24-17)9-15(29)25-14-5-4-12(21)7-13(14)22/h4-5,7,10-11H,2-3,6,8-9H2,1H3,(H,23,30)(H,25,29).